The predicted molar refractivity (Wildman–Crippen MR) is 68.1 cm³/mol. The first kappa shape index (κ1) is 9.97. The fourth-order valence-corrected chi connectivity index (χ4v) is 1.93. The van der Waals surface area contributed by atoms with Crippen LogP contribution in [0.5, 0.6) is 0 Å². The zero-order valence-corrected chi connectivity index (χ0v) is 9.54. The maximum absolute atomic E-state index is 2.28. The summed E-state index contributed by atoms with van der Waals surface area (Å²) in [6.45, 7) is 6.42. The van der Waals surface area contributed by atoms with Crippen LogP contribution in [-0.2, 0) is 0 Å². The lowest BCUT2D eigenvalue weighted by atomic mass is 10.1. The van der Waals surface area contributed by atoms with Crippen LogP contribution in [0.25, 0.3) is 22.4 Å². The van der Waals surface area contributed by atoms with Gasteiger partial charge in [0.05, 0.1) is 0 Å². The van der Waals surface area contributed by atoms with Crippen LogP contribution in [0.3, 0.4) is 0 Å². The van der Waals surface area contributed by atoms with Gasteiger partial charge in [0.15, 0.2) is 0 Å². The Morgan fingerprint density at radius 1 is 1.00 bits per heavy atom. The second-order valence-corrected chi connectivity index (χ2v) is 4.08. The van der Waals surface area contributed by atoms with Crippen LogP contribution < -0.4 is 10.4 Å². The molecular weight excluding hydrogens is 180 g/mol. The highest BCUT2D eigenvalue weighted by atomic mass is 14.0. The van der Waals surface area contributed by atoms with Crippen molar-refractivity contribution >= 4 is 22.4 Å². The Balaban J connectivity index is 3.02. The second kappa shape index (κ2) is 3.90. The van der Waals surface area contributed by atoms with Crippen molar-refractivity contribution < 1.29 is 0 Å². The van der Waals surface area contributed by atoms with E-state index in [9.17, 15) is 0 Å². The third kappa shape index (κ3) is 1.80. The van der Waals surface area contributed by atoms with Crippen LogP contribution in [0, 0.1) is 0 Å². The van der Waals surface area contributed by atoms with Gasteiger partial charge in [0.25, 0.3) is 0 Å². The van der Waals surface area contributed by atoms with E-state index in [-0.39, 0.29) is 0 Å². The Kier molecular flexibility index (Phi) is 2.59. The van der Waals surface area contributed by atoms with Crippen LogP contribution in [0.15, 0.2) is 36.4 Å². The van der Waals surface area contributed by atoms with Crippen molar-refractivity contribution in [1.29, 1.82) is 0 Å². The van der Waals surface area contributed by atoms with Crippen molar-refractivity contribution in [3.05, 3.63) is 46.8 Å². The molecule has 15 heavy (non-hydrogen) atoms. The van der Waals surface area contributed by atoms with Gasteiger partial charge in [-0.1, -0.05) is 35.9 Å². The van der Waals surface area contributed by atoms with Crippen LogP contribution in [-0.4, -0.2) is 0 Å². The van der Waals surface area contributed by atoms with Gasteiger partial charge in [0.2, 0.25) is 0 Å². The average Bonchev–Trinajstić information content (AvgIpc) is 2.27. The van der Waals surface area contributed by atoms with Gasteiger partial charge in [-0.15, -0.1) is 0 Å². The number of hydrogen-bond donors (Lipinski definition) is 0. The molecule has 0 aliphatic carbocycles. The van der Waals surface area contributed by atoms with Crippen LogP contribution in [0.2, 0.25) is 0 Å². The van der Waals surface area contributed by atoms with Crippen molar-refractivity contribution in [3.8, 4) is 0 Å². The van der Waals surface area contributed by atoms with Gasteiger partial charge in [0, 0.05) is 0 Å². The Morgan fingerprint density at radius 3 is 2.13 bits per heavy atom. The smallest absolute Gasteiger partial charge is 0.0178 e. The molecule has 0 aliphatic heterocycles. The predicted octanol–water partition coefficient (Wildman–Crippen LogP) is 2.83. The van der Waals surface area contributed by atoms with Crippen molar-refractivity contribution in [2.45, 2.75) is 20.8 Å². The number of rotatable bonds is 0. The minimum atomic E-state index is 1.32. The van der Waals surface area contributed by atoms with Gasteiger partial charge in [-0.25, -0.2) is 0 Å². The molecule has 76 valence electrons. The summed E-state index contributed by atoms with van der Waals surface area (Å²) in [6.07, 6.45) is 2.18. The van der Waals surface area contributed by atoms with E-state index >= 15 is 0 Å². The van der Waals surface area contributed by atoms with Gasteiger partial charge in [0.1, 0.15) is 0 Å². The molecule has 0 saturated carbocycles. The van der Waals surface area contributed by atoms with E-state index in [4.69, 9.17) is 0 Å². The molecule has 0 heteroatoms. The van der Waals surface area contributed by atoms with E-state index in [1.54, 1.807) is 0 Å². The first-order valence-corrected chi connectivity index (χ1v) is 5.35. The molecule has 2 rings (SSSR count). The Hall–Kier alpha value is -1.56. The lowest BCUT2D eigenvalue weighted by molar-refractivity contribution is 1.46. The van der Waals surface area contributed by atoms with E-state index in [0.717, 1.165) is 0 Å². The van der Waals surface area contributed by atoms with Gasteiger partial charge in [-0.2, -0.15) is 0 Å². The topological polar surface area (TPSA) is 0 Å². The molecule has 0 fully saturated rings. The van der Waals surface area contributed by atoms with Gasteiger partial charge in [-0.05, 0) is 54.1 Å². The molecule has 0 N–H and O–H groups in total. The molecule has 0 aromatic heterocycles. The summed E-state index contributed by atoms with van der Waals surface area (Å²) < 4.78 is 0. The lowest BCUT2D eigenvalue weighted by Gasteiger charge is -2.00. The molecule has 2 aromatic rings. The molecule has 0 heterocycles. The van der Waals surface area contributed by atoms with E-state index in [2.05, 4.69) is 63.2 Å². The minimum absolute atomic E-state index is 1.32. The average molecular weight is 196 g/mol. The van der Waals surface area contributed by atoms with E-state index in [0.29, 0.717) is 0 Å². The summed E-state index contributed by atoms with van der Waals surface area (Å²) in [5, 5.41) is 5.32. The second-order valence-electron chi connectivity index (χ2n) is 4.08. The van der Waals surface area contributed by atoms with Crippen LogP contribution in [0.4, 0.5) is 0 Å². The third-order valence-corrected chi connectivity index (χ3v) is 2.77. The number of benzene rings is 2. The quantitative estimate of drug-likeness (QED) is 0.608. The summed E-state index contributed by atoms with van der Waals surface area (Å²) in [5.41, 5.74) is 1.37. The highest BCUT2D eigenvalue weighted by molar-refractivity contribution is 5.83. The summed E-state index contributed by atoms with van der Waals surface area (Å²) in [5.74, 6) is 0. The molecule has 0 unspecified atom stereocenters. The molecule has 0 amide bonds. The molecule has 0 bridgehead atoms. The maximum Gasteiger partial charge on any atom is -0.0178 e. The fourth-order valence-electron chi connectivity index (χ4n) is 1.93. The highest BCUT2D eigenvalue weighted by Gasteiger charge is 1.93. The van der Waals surface area contributed by atoms with Crippen LogP contribution >= 0.6 is 0 Å². The molecule has 2 aromatic carbocycles. The van der Waals surface area contributed by atoms with Gasteiger partial charge < -0.3 is 0 Å². The lowest BCUT2D eigenvalue weighted by Crippen LogP contribution is -2.25. The monoisotopic (exact) mass is 196 g/mol. The van der Waals surface area contributed by atoms with Crippen molar-refractivity contribution in [1.82, 2.24) is 0 Å². The van der Waals surface area contributed by atoms with Crippen LogP contribution in [0.1, 0.15) is 20.8 Å². The Bertz CT molecular complexity index is 599. The summed E-state index contributed by atoms with van der Waals surface area (Å²) in [6, 6.07) is 13.0. The molecule has 0 radical (unpaired) electrons. The molecule has 0 saturated heterocycles. The molecule has 0 atom stereocenters. The largest absolute Gasteiger partial charge is 0.0798 e. The summed E-state index contributed by atoms with van der Waals surface area (Å²) in [4.78, 5) is 0. The first-order valence-electron chi connectivity index (χ1n) is 5.35. The molecule has 0 aliphatic rings. The minimum Gasteiger partial charge on any atom is -0.0798 e. The molecular formula is C15H16. The van der Waals surface area contributed by atoms with Crippen molar-refractivity contribution in [2.75, 3.05) is 0 Å². The van der Waals surface area contributed by atoms with E-state index in [1.165, 1.54) is 26.8 Å². The summed E-state index contributed by atoms with van der Waals surface area (Å²) in [7, 11) is 0. The van der Waals surface area contributed by atoms with E-state index in [1.807, 2.05) is 0 Å². The van der Waals surface area contributed by atoms with Crippen molar-refractivity contribution in [2.24, 2.45) is 0 Å². The fraction of sp³-hybridized carbons (Fsp3) is 0.200. The third-order valence-electron chi connectivity index (χ3n) is 2.77. The normalized spacial score (nSPS) is 12.1. The number of hydrogen-bond acceptors (Lipinski definition) is 0. The zero-order valence-electron chi connectivity index (χ0n) is 9.54. The van der Waals surface area contributed by atoms with Crippen molar-refractivity contribution in [3.63, 3.8) is 0 Å². The summed E-state index contributed by atoms with van der Waals surface area (Å²) >= 11 is 0. The zero-order chi connectivity index (χ0) is 10.8. The van der Waals surface area contributed by atoms with E-state index < -0.39 is 0 Å². The number of fused-ring (bicyclic) bond motifs is 1. The first-order chi connectivity index (χ1) is 7.22. The SMILES string of the molecule is CC=c1cc2ccccc2cc1=C(C)C. The Labute approximate surface area is 90.6 Å². The highest BCUT2D eigenvalue weighted by Crippen LogP contribution is 2.08. The molecule has 0 nitrogen and oxygen atoms in total. The standard InChI is InChI=1S/C15H16/c1-4-12-9-13-7-5-6-8-14(13)10-15(12)11(2)3/h4-10H,1-3H3. The van der Waals surface area contributed by atoms with Gasteiger partial charge in [-0.3, -0.25) is 0 Å². The molecule has 0 spiro atoms. The van der Waals surface area contributed by atoms with Gasteiger partial charge >= 0.3 is 0 Å². The maximum atomic E-state index is 2.28. The Morgan fingerprint density at radius 2 is 1.60 bits per heavy atom.